The Labute approximate surface area is 123 Å². The molecule has 0 fully saturated rings. The minimum atomic E-state index is -1.35. The fourth-order valence-corrected chi connectivity index (χ4v) is 2.32. The molecule has 0 saturated carbocycles. The molecule has 0 unspecified atom stereocenters. The van der Waals surface area contributed by atoms with E-state index in [1.165, 1.54) is 0 Å². The van der Waals surface area contributed by atoms with Crippen LogP contribution in [0, 0.1) is 12.7 Å². The van der Waals surface area contributed by atoms with Crippen molar-refractivity contribution in [2.45, 2.75) is 6.92 Å². The van der Waals surface area contributed by atoms with Crippen molar-refractivity contribution in [2.24, 2.45) is 0 Å². The molecule has 2 aromatic carbocycles. The number of rotatable bonds is 3. The van der Waals surface area contributed by atoms with Crippen LogP contribution in [0.15, 0.2) is 34.8 Å². The van der Waals surface area contributed by atoms with Crippen LogP contribution in [0.4, 0.5) is 21.5 Å². The molecule has 6 heteroatoms. The molecule has 2 aromatic rings. The fraction of sp³-hybridized carbons (Fsp3) is 0.0714. The summed E-state index contributed by atoms with van der Waals surface area (Å²) in [7, 11) is 0. The number of carboxylic acids is 1. The van der Waals surface area contributed by atoms with Gasteiger partial charge in [0, 0.05) is 10.5 Å². The lowest BCUT2D eigenvalue weighted by Crippen LogP contribution is -2.05. The number of aryl methyl sites for hydroxylation is 1. The molecule has 20 heavy (non-hydrogen) atoms. The standard InChI is InChI=1S/C14H12BrFN2O2/c1-7-2-3-12(9(15)4-7)18-13-6-10(16)8(14(19)20)5-11(13)17/h2-6,18H,17H2,1H3,(H,19,20). The Morgan fingerprint density at radius 3 is 2.60 bits per heavy atom. The lowest BCUT2D eigenvalue weighted by molar-refractivity contribution is 0.0692. The second-order valence-electron chi connectivity index (χ2n) is 4.33. The van der Waals surface area contributed by atoms with Crippen LogP contribution < -0.4 is 11.1 Å². The van der Waals surface area contributed by atoms with Gasteiger partial charge in [-0.2, -0.15) is 0 Å². The Balaban J connectivity index is 2.39. The van der Waals surface area contributed by atoms with Crippen molar-refractivity contribution < 1.29 is 14.3 Å². The topological polar surface area (TPSA) is 75.3 Å². The molecule has 0 aliphatic carbocycles. The van der Waals surface area contributed by atoms with Crippen molar-refractivity contribution in [2.75, 3.05) is 11.1 Å². The van der Waals surface area contributed by atoms with Gasteiger partial charge in [-0.1, -0.05) is 6.07 Å². The summed E-state index contributed by atoms with van der Waals surface area (Å²) < 4.78 is 14.5. The molecule has 0 bridgehead atoms. The van der Waals surface area contributed by atoms with E-state index >= 15 is 0 Å². The van der Waals surface area contributed by atoms with E-state index in [0.717, 1.165) is 22.2 Å². The quantitative estimate of drug-likeness (QED) is 0.741. The number of benzene rings is 2. The molecular weight excluding hydrogens is 327 g/mol. The zero-order chi connectivity index (χ0) is 14.9. The van der Waals surface area contributed by atoms with Gasteiger partial charge in [0.05, 0.1) is 22.6 Å². The monoisotopic (exact) mass is 338 g/mol. The Bertz CT molecular complexity index is 689. The molecule has 0 heterocycles. The first kappa shape index (κ1) is 14.3. The van der Waals surface area contributed by atoms with Gasteiger partial charge in [-0.25, -0.2) is 9.18 Å². The molecule has 2 rings (SSSR count). The Morgan fingerprint density at radius 1 is 1.30 bits per heavy atom. The number of nitrogens with one attached hydrogen (secondary N) is 1. The first-order valence-corrected chi connectivity index (χ1v) is 6.53. The van der Waals surface area contributed by atoms with E-state index in [4.69, 9.17) is 10.8 Å². The van der Waals surface area contributed by atoms with Crippen LogP contribution in [0.2, 0.25) is 0 Å². The molecule has 0 spiro atoms. The molecule has 0 radical (unpaired) electrons. The van der Waals surface area contributed by atoms with E-state index in [-0.39, 0.29) is 5.69 Å². The van der Waals surface area contributed by atoms with Gasteiger partial charge < -0.3 is 16.2 Å². The third kappa shape index (κ3) is 2.91. The second-order valence-corrected chi connectivity index (χ2v) is 5.19. The summed E-state index contributed by atoms with van der Waals surface area (Å²) in [5, 5.41) is 11.8. The lowest BCUT2D eigenvalue weighted by Gasteiger charge is -2.12. The summed E-state index contributed by atoms with van der Waals surface area (Å²) in [5.41, 5.74) is 7.56. The van der Waals surface area contributed by atoms with Crippen molar-refractivity contribution in [3.8, 4) is 0 Å². The number of carbonyl (C=O) groups is 1. The molecular formula is C14H12BrFN2O2. The van der Waals surface area contributed by atoms with Crippen molar-refractivity contribution in [1.29, 1.82) is 0 Å². The van der Waals surface area contributed by atoms with Crippen molar-refractivity contribution in [3.05, 3.63) is 51.7 Å². The van der Waals surface area contributed by atoms with E-state index in [2.05, 4.69) is 21.2 Å². The highest BCUT2D eigenvalue weighted by atomic mass is 79.9. The first-order valence-electron chi connectivity index (χ1n) is 5.74. The van der Waals surface area contributed by atoms with Gasteiger partial charge in [0.25, 0.3) is 0 Å². The molecule has 4 N–H and O–H groups in total. The number of aromatic carboxylic acids is 1. The summed E-state index contributed by atoms with van der Waals surface area (Å²) in [6.45, 7) is 1.95. The number of carboxylic acid groups (broad SMARTS) is 1. The van der Waals surface area contributed by atoms with E-state index in [0.29, 0.717) is 11.4 Å². The maximum absolute atomic E-state index is 13.7. The van der Waals surface area contributed by atoms with Crippen molar-refractivity contribution >= 4 is 39.0 Å². The number of halogens is 2. The van der Waals surface area contributed by atoms with Crippen LogP contribution in [0.3, 0.4) is 0 Å². The molecule has 0 aliphatic heterocycles. The maximum Gasteiger partial charge on any atom is 0.338 e. The minimum absolute atomic E-state index is 0.163. The van der Waals surface area contributed by atoms with Crippen LogP contribution in [0.1, 0.15) is 15.9 Å². The van der Waals surface area contributed by atoms with Gasteiger partial charge in [0.2, 0.25) is 0 Å². The zero-order valence-corrected chi connectivity index (χ0v) is 12.2. The molecule has 0 aliphatic rings. The Morgan fingerprint density at radius 2 is 2.00 bits per heavy atom. The highest BCUT2D eigenvalue weighted by Crippen LogP contribution is 2.31. The highest BCUT2D eigenvalue weighted by molar-refractivity contribution is 9.10. The van der Waals surface area contributed by atoms with Gasteiger partial charge >= 0.3 is 5.97 Å². The predicted molar refractivity (Wildman–Crippen MR) is 79.9 cm³/mol. The largest absolute Gasteiger partial charge is 0.478 e. The molecule has 0 amide bonds. The number of hydrogen-bond acceptors (Lipinski definition) is 3. The van der Waals surface area contributed by atoms with Gasteiger partial charge in [-0.3, -0.25) is 0 Å². The van der Waals surface area contributed by atoms with Gasteiger partial charge in [-0.05, 0) is 46.6 Å². The van der Waals surface area contributed by atoms with E-state index in [1.807, 2.05) is 25.1 Å². The van der Waals surface area contributed by atoms with Crippen molar-refractivity contribution in [1.82, 2.24) is 0 Å². The van der Waals surface area contributed by atoms with Crippen LogP contribution in [-0.4, -0.2) is 11.1 Å². The van der Waals surface area contributed by atoms with Gasteiger partial charge in [-0.15, -0.1) is 0 Å². The summed E-state index contributed by atoms with van der Waals surface area (Å²) in [6.07, 6.45) is 0. The Kier molecular flexibility index (Phi) is 3.94. The maximum atomic E-state index is 13.7. The van der Waals surface area contributed by atoms with Gasteiger partial charge in [0.1, 0.15) is 5.82 Å². The van der Waals surface area contributed by atoms with Crippen LogP contribution in [0.5, 0.6) is 0 Å². The molecule has 4 nitrogen and oxygen atoms in total. The number of anilines is 3. The number of nitrogen functional groups attached to an aromatic ring is 1. The molecule has 104 valence electrons. The van der Waals surface area contributed by atoms with Crippen LogP contribution >= 0.6 is 15.9 Å². The second kappa shape index (κ2) is 5.50. The smallest absolute Gasteiger partial charge is 0.338 e. The summed E-state index contributed by atoms with van der Waals surface area (Å²) >= 11 is 3.39. The van der Waals surface area contributed by atoms with Crippen LogP contribution in [0.25, 0.3) is 0 Å². The number of hydrogen-bond donors (Lipinski definition) is 3. The van der Waals surface area contributed by atoms with E-state index in [9.17, 15) is 9.18 Å². The average Bonchev–Trinajstić information content (AvgIpc) is 2.36. The molecule has 0 atom stereocenters. The summed E-state index contributed by atoms with van der Waals surface area (Å²) in [5.74, 6) is -2.19. The molecule has 0 saturated heterocycles. The van der Waals surface area contributed by atoms with Crippen LogP contribution in [-0.2, 0) is 0 Å². The fourth-order valence-electron chi connectivity index (χ4n) is 1.73. The van der Waals surface area contributed by atoms with Crippen molar-refractivity contribution in [3.63, 3.8) is 0 Å². The third-order valence-corrected chi connectivity index (χ3v) is 3.42. The highest BCUT2D eigenvalue weighted by Gasteiger charge is 2.14. The summed E-state index contributed by atoms with van der Waals surface area (Å²) in [6, 6.07) is 7.79. The average molecular weight is 339 g/mol. The summed E-state index contributed by atoms with van der Waals surface area (Å²) in [4.78, 5) is 10.8. The van der Waals surface area contributed by atoms with Gasteiger partial charge in [0.15, 0.2) is 0 Å². The van der Waals surface area contributed by atoms with E-state index < -0.39 is 17.3 Å². The van der Waals surface area contributed by atoms with E-state index in [1.54, 1.807) is 0 Å². The normalized spacial score (nSPS) is 10.3. The first-order chi connectivity index (χ1) is 9.38. The third-order valence-electron chi connectivity index (χ3n) is 2.76. The SMILES string of the molecule is Cc1ccc(Nc2cc(F)c(C(=O)O)cc2N)c(Br)c1. The number of nitrogens with two attached hydrogens (primary N) is 1. The zero-order valence-electron chi connectivity index (χ0n) is 10.6. The Hall–Kier alpha value is -2.08. The minimum Gasteiger partial charge on any atom is -0.478 e. The lowest BCUT2D eigenvalue weighted by atomic mass is 10.1. The molecule has 0 aromatic heterocycles. The predicted octanol–water partition coefficient (Wildman–Crippen LogP) is 3.92.